The summed E-state index contributed by atoms with van der Waals surface area (Å²) in [6.45, 7) is 1.37. The second-order valence-corrected chi connectivity index (χ2v) is 6.28. The maximum Gasteiger partial charge on any atom is 0.401 e. The van der Waals surface area contributed by atoms with Crippen LogP contribution >= 0.6 is 0 Å². The van der Waals surface area contributed by atoms with Gasteiger partial charge in [-0.15, -0.1) is 0 Å². The fraction of sp³-hybridized carbons (Fsp3) is 0.867. The van der Waals surface area contributed by atoms with Crippen LogP contribution in [0.3, 0.4) is 0 Å². The lowest BCUT2D eigenvalue weighted by Crippen LogP contribution is -2.54. The lowest BCUT2D eigenvalue weighted by molar-refractivity contribution is -0.153. The van der Waals surface area contributed by atoms with Gasteiger partial charge in [0, 0.05) is 52.8 Å². The predicted molar refractivity (Wildman–Crippen MR) is 80.3 cm³/mol. The molecule has 0 aromatic carbocycles. The van der Waals surface area contributed by atoms with Crippen LogP contribution in [0.1, 0.15) is 12.8 Å². The first-order valence-corrected chi connectivity index (χ1v) is 8.15. The van der Waals surface area contributed by atoms with E-state index in [0.29, 0.717) is 45.6 Å². The summed E-state index contributed by atoms with van der Waals surface area (Å²) < 4.78 is 42.2. The van der Waals surface area contributed by atoms with E-state index >= 15 is 0 Å². The first-order chi connectivity index (χ1) is 11.3. The van der Waals surface area contributed by atoms with Crippen molar-refractivity contribution in [3.05, 3.63) is 0 Å². The first-order valence-electron chi connectivity index (χ1n) is 8.15. The molecule has 2 heterocycles. The monoisotopic (exact) mass is 351 g/mol. The third-order valence-corrected chi connectivity index (χ3v) is 4.50. The van der Waals surface area contributed by atoms with E-state index in [1.165, 1.54) is 4.90 Å². The molecule has 0 bridgehead atoms. The molecule has 2 fully saturated rings. The van der Waals surface area contributed by atoms with Gasteiger partial charge in [-0.05, 0) is 6.42 Å². The van der Waals surface area contributed by atoms with Crippen molar-refractivity contribution in [3.63, 3.8) is 0 Å². The Morgan fingerprint density at radius 1 is 1.25 bits per heavy atom. The van der Waals surface area contributed by atoms with Gasteiger partial charge in [0.15, 0.2) is 0 Å². The summed E-state index contributed by atoms with van der Waals surface area (Å²) in [5, 5.41) is 0. The van der Waals surface area contributed by atoms with Gasteiger partial charge >= 0.3 is 6.18 Å². The molecule has 1 unspecified atom stereocenters. The van der Waals surface area contributed by atoms with Crippen molar-refractivity contribution in [3.8, 4) is 0 Å². The summed E-state index contributed by atoms with van der Waals surface area (Å²) >= 11 is 0. The second kappa shape index (κ2) is 8.15. The van der Waals surface area contributed by atoms with E-state index in [9.17, 15) is 22.8 Å². The van der Waals surface area contributed by atoms with E-state index in [0.717, 1.165) is 0 Å². The third kappa shape index (κ3) is 5.34. The molecule has 0 aromatic rings. The Balaban J connectivity index is 1.83. The number of halogens is 3. The van der Waals surface area contributed by atoms with Gasteiger partial charge in [0.1, 0.15) is 0 Å². The zero-order valence-corrected chi connectivity index (χ0v) is 13.8. The summed E-state index contributed by atoms with van der Waals surface area (Å²) in [5.74, 6) is -0.309. The number of rotatable bonds is 5. The maximum atomic E-state index is 12.6. The number of amides is 2. The Morgan fingerprint density at radius 3 is 2.50 bits per heavy atom. The molecule has 2 aliphatic rings. The number of nitrogens with zero attached hydrogens (tertiary/aromatic N) is 3. The predicted octanol–water partition coefficient (Wildman–Crippen LogP) is 0.578. The van der Waals surface area contributed by atoms with Gasteiger partial charge in [0.2, 0.25) is 11.8 Å². The molecule has 138 valence electrons. The maximum absolute atomic E-state index is 12.6. The molecule has 2 rings (SSSR count). The standard InChI is InChI=1S/C15H24F3N3O3/c1-24-9-8-21-10-12(2-3-13(21)22)14(23)20-6-4-19(5-7-20)11-15(16,17)18/h12H,2-11H2,1H3. The number of alkyl halides is 3. The highest BCUT2D eigenvalue weighted by Crippen LogP contribution is 2.22. The average Bonchev–Trinajstić information content (AvgIpc) is 2.53. The molecule has 2 saturated heterocycles. The van der Waals surface area contributed by atoms with E-state index in [1.54, 1.807) is 16.9 Å². The highest BCUT2D eigenvalue weighted by Gasteiger charge is 2.36. The van der Waals surface area contributed by atoms with Crippen molar-refractivity contribution < 1.29 is 27.5 Å². The van der Waals surface area contributed by atoms with Crippen molar-refractivity contribution in [2.45, 2.75) is 19.0 Å². The van der Waals surface area contributed by atoms with Crippen LogP contribution in [0.5, 0.6) is 0 Å². The van der Waals surface area contributed by atoms with E-state index in [-0.39, 0.29) is 30.8 Å². The SMILES string of the molecule is COCCN1CC(C(=O)N2CCN(CC(F)(F)F)CC2)CCC1=O. The van der Waals surface area contributed by atoms with Crippen LogP contribution < -0.4 is 0 Å². The topological polar surface area (TPSA) is 53.1 Å². The molecule has 24 heavy (non-hydrogen) atoms. The zero-order chi connectivity index (χ0) is 17.7. The molecule has 6 nitrogen and oxygen atoms in total. The number of likely N-dealkylation sites (tertiary alicyclic amines) is 1. The molecule has 0 aromatic heterocycles. The Labute approximate surface area is 139 Å². The van der Waals surface area contributed by atoms with Crippen LogP contribution in [0.4, 0.5) is 13.2 Å². The number of hydrogen-bond acceptors (Lipinski definition) is 4. The molecule has 0 radical (unpaired) electrons. The van der Waals surface area contributed by atoms with E-state index in [1.807, 2.05) is 0 Å². The molecule has 0 N–H and O–H groups in total. The van der Waals surface area contributed by atoms with Gasteiger partial charge in [-0.1, -0.05) is 0 Å². The van der Waals surface area contributed by atoms with E-state index < -0.39 is 12.7 Å². The van der Waals surface area contributed by atoms with Crippen molar-refractivity contribution >= 4 is 11.8 Å². The third-order valence-electron chi connectivity index (χ3n) is 4.50. The minimum Gasteiger partial charge on any atom is -0.383 e. The Morgan fingerprint density at radius 2 is 1.92 bits per heavy atom. The van der Waals surface area contributed by atoms with Crippen LogP contribution in [0.25, 0.3) is 0 Å². The van der Waals surface area contributed by atoms with Crippen molar-refractivity contribution in [1.82, 2.24) is 14.7 Å². The minimum absolute atomic E-state index is 0.0195. The number of ether oxygens (including phenoxy) is 1. The van der Waals surface area contributed by atoms with Crippen LogP contribution in [-0.4, -0.2) is 92.2 Å². The Hall–Kier alpha value is -1.35. The molecule has 0 spiro atoms. The number of carbonyl (C=O) groups is 2. The molecule has 9 heteroatoms. The normalized spacial score (nSPS) is 23.7. The quantitative estimate of drug-likeness (QED) is 0.727. The molecular weight excluding hydrogens is 327 g/mol. The van der Waals surface area contributed by atoms with Crippen LogP contribution in [0.15, 0.2) is 0 Å². The molecule has 0 saturated carbocycles. The van der Waals surface area contributed by atoms with Crippen molar-refractivity contribution in [1.29, 1.82) is 0 Å². The van der Waals surface area contributed by atoms with Gasteiger partial charge in [0.05, 0.1) is 19.1 Å². The Kier molecular flexibility index (Phi) is 6.45. The van der Waals surface area contributed by atoms with Crippen molar-refractivity contribution in [2.75, 3.05) is 59.5 Å². The largest absolute Gasteiger partial charge is 0.401 e. The van der Waals surface area contributed by atoms with E-state index in [2.05, 4.69) is 0 Å². The number of carbonyl (C=O) groups excluding carboxylic acids is 2. The highest BCUT2D eigenvalue weighted by molar-refractivity contribution is 5.84. The number of hydrogen-bond donors (Lipinski definition) is 0. The molecule has 2 aliphatic heterocycles. The first kappa shape index (κ1) is 19.0. The van der Waals surface area contributed by atoms with E-state index in [4.69, 9.17) is 4.74 Å². The lowest BCUT2D eigenvalue weighted by atomic mass is 9.95. The van der Waals surface area contributed by atoms with Gasteiger partial charge in [-0.3, -0.25) is 14.5 Å². The van der Waals surface area contributed by atoms with Crippen LogP contribution in [0.2, 0.25) is 0 Å². The smallest absolute Gasteiger partial charge is 0.383 e. The lowest BCUT2D eigenvalue weighted by Gasteiger charge is -2.39. The van der Waals surface area contributed by atoms with Gasteiger partial charge < -0.3 is 14.5 Å². The van der Waals surface area contributed by atoms with Crippen LogP contribution in [0, 0.1) is 5.92 Å². The summed E-state index contributed by atoms with van der Waals surface area (Å²) in [7, 11) is 1.55. The highest BCUT2D eigenvalue weighted by atomic mass is 19.4. The number of piperazine rings is 1. The summed E-state index contributed by atoms with van der Waals surface area (Å²) in [5.41, 5.74) is 0. The molecule has 1 atom stereocenters. The molecule has 2 amide bonds. The van der Waals surface area contributed by atoms with Gasteiger partial charge in [0.25, 0.3) is 0 Å². The molecular formula is C15H24F3N3O3. The summed E-state index contributed by atoms with van der Waals surface area (Å²) in [6, 6.07) is 0. The average molecular weight is 351 g/mol. The Bertz CT molecular complexity index is 451. The fourth-order valence-electron chi connectivity index (χ4n) is 3.17. The fourth-order valence-corrected chi connectivity index (χ4v) is 3.17. The van der Waals surface area contributed by atoms with Crippen molar-refractivity contribution in [2.24, 2.45) is 5.92 Å². The summed E-state index contributed by atoms with van der Waals surface area (Å²) in [6.07, 6.45) is -3.38. The van der Waals surface area contributed by atoms with Crippen LogP contribution in [-0.2, 0) is 14.3 Å². The summed E-state index contributed by atoms with van der Waals surface area (Å²) in [4.78, 5) is 29.0. The van der Waals surface area contributed by atoms with Gasteiger partial charge in [-0.25, -0.2) is 0 Å². The van der Waals surface area contributed by atoms with Gasteiger partial charge in [-0.2, -0.15) is 13.2 Å². The molecule has 0 aliphatic carbocycles. The zero-order valence-electron chi connectivity index (χ0n) is 13.8. The second-order valence-electron chi connectivity index (χ2n) is 6.28. The number of piperidine rings is 1. The minimum atomic E-state index is -4.21. The number of methoxy groups -OCH3 is 1.